The molecule has 1 N–H and O–H groups in total. The number of aliphatic hydroxyl groups excluding tert-OH is 1. The average Bonchev–Trinajstić information content (AvgIpc) is 2.62. The third-order valence-corrected chi connectivity index (χ3v) is 5.38. The predicted octanol–water partition coefficient (Wildman–Crippen LogP) is 1.30. The Morgan fingerprint density at radius 2 is 1.88 bits per heavy atom. The quantitative estimate of drug-likeness (QED) is 0.903. The zero-order chi connectivity index (χ0) is 16.9. The summed E-state index contributed by atoms with van der Waals surface area (Å²) in [7, 11) is 2.22. The Balaban J connectivity index is 1.47. The molecule has 0 radical (unpaired) electrons. The van der Waals surface area contributed by atoms with Crippen molar-refractivity contribution in [2.75, 3.05) is 52.9 Å². The molecule has 5 heteroatoms. The van der Waals surface area contributed by atoms with E-state index in [9.17, 15) is 5.11 Å². The monoisotopic (exact) mass is 328 g/mol. The van der Waals surface area contributed by atoms with Crippen LogP contribution in [0.3, 0.4) is 0 Å². The Morgan fingerprint density at radius 3 is 2.50 bits per heavy atom. The fraction of sp³-hybridized carbons (Fsp3) is 0.632. The Hall–Kier alpha value is -1.45. The number of likely N-dealkylation sites (N-methyl/N-ethyl adjacent to an activating group) is 1. The van der Waals surface area contributed by atoms with E-state index >= 15 is 0 Å². The van der Waals surface area contributed by atoms with Gasteiger partial charge in [0.2, 0.25) is 0 Å². The maximum Gasteiger partial charge on any atom is 0.0991 e. The molecule has 2 atom stereocenters. The first-order chi connectivity index (χ1) is 11.7. The number of nitriles is 1. The molecule has 0 bridgehead atoms. The Labute approximate surface area is 145 Å². The van der Waals surface area contributed by atoms with Crippen LogP contribution in [0.2, 0.25) is 0 Å². The summed E-state index contributed by atoms with van der Waals surface area (Å²) in [6.45, 7) is 7.32. The molecule has 1 aromatic carbocycles. The Kier molecular flexibility index (Phi) is 5.85. The van der Waals surface area contributed by atoms with Crippen molar-refractivity contribution in [1.29, 1.82) is 5.26 Å². The number of piperazine rings is 1. The molecule has 0 aliphatic carbocycles. The van der Waals surface area contributed by atoms with Crippen molar-refractivity contribution in [1.82, 2.24) is 14.7 Å². The lowest BCUT2D eigenvalue weighted by Crippen LogP contribution is -2.54. The molecule has 0 amide bonds. The van der Waals surface area contributed by atoms with E-state index < -0.39 is 6.10 Å². The second-order valence-corrected chi connectivity index (χ2v) is 7.14. The van der Waals surface area contributed by atoms with E-state index in [4.69, 9.17) is 5.26 Å². The zero-order valence-corrected chi connectivity index (χ0v) is 14.6. The lowest BCUT2D eigenvalue weighted by molar-refractivity contribution is 0.0371. The van der Waals surface area contributed by atoms with Crippen LogP contribution < -0.4 is 0 Å². The molecular weight excluding hydrogens is 300 g/mol. The number of nitrogens with zero attached hydrogens (tertiary/aromatic N) is 4. The van der Waals surface area contributed by atoms with Crippen molar-refractivity contribution in [3.63, 3.8) is 0 Å². The number of piperidine rings is 1. The molecule has 2 heterocycles. The molecule has 24 heavy (non-hydrogen) atoms. The first kappa shape index (κ1) is 17.4. The van der Waals surface area contributed by atoms with E-state index in [1.165, 1.54) is 25.9 Å². The zero-order valence-electron chi connectivity index (χ0n) is 14.6. The van der Waals surface area contributed by atoms with Gasteiger partial charge in [-0.2, -0.15) is 5.26 Å². The molecular formula is C19H28N4O. The normalized spacial score (nSPS) is 25.3. The highest BCUT2D eigenvalue weighted by Gasteiger charge is 2.27. The van der Waals surface area contributed by atoms with Crippen molar-refractivity contribution in [2.45, 2.75) is 25.0 Å². The van der Waals surface area contributed by atoms with E-state index in [2.05, 4.69) is 27.8 Å². The molecule has 0 aromatic heterocycles. The van der Waals surface area contributed by atoms with E-state index in [-0.39, 0.29) is 0 Å². The topological polar surface area (TPSA) is 53.7 Å². The van der Waals surface area contributed by atoms with Crippen LogP contribution in [0.15, 0.2) is 24.3 Å². The average molecular weight is 328 g/mol. The summed E-state index contributed by atoms with van der Waals surface area (Å²) in [6, 6.07) is 10.1. The van der Waals surface area contributed by atoms with Crippen LogP contribution in [0.1, 0.15) is 30.1 Å². The second kappa shape index (κ2) is 8.09. The second-order valence-electron chi connectivity index (χ2n) is 7.14. The minimum Gasteiger partial charge on any atom is -0.387 e. The van der Waals surface area contributed by atoms with E-state index in [0.717, 1.165) is 31.7 Å². The van der Waals surface area contributed by atoms with Gasteiger partial charge in [-0.1, -0.05) is 12.1 Å². The summed E-state index contributed by atoms with van der Waals surface area (Å²) in [6.07, 6.45) is 2.14. The van der Waals surface area contributed by atoms with Crippen LogP contribution in [0.5, 0.6) is 0 Å². The van der Waals surface area contributed by atoms with Crippen molar-refractivity contribution >= 4 is 0 Å². The largest absolute Gasteiger partial charge is 0.387 e. The van der Waals surface area contributed by atoms with Crippen molar-refractivity contribution in [3.8, 4) is 6.07 Å². The maximum absolute atomic E-state index is 10.4. The van der Waals surface area contributed by atoms with Crippen LogP contribution in [0, 0.1) is 11.3 Å². The number of benzene rings is 1. The lowest BCUT2D eigenvalue weighted by Gasteiger charge is -2.43. The molecule has 2 aliphatic heterocycles. The fourth-order valence-corrected chi connectivity index (χ4v) is 3.88. The van der Waals surface area contributed by atoms with E-state index in [1.807, 2.05) is 12.1 Å². The third kappa shape index (κ3) is 4.34. The smallest absolute Gasteiger partial charge is 0.0991 e. The summed E-state index contributed by atoms with van der Waals surface area (Å²) in [5.41, 5.74) is 1.53. The maximum atomic E-state index is 10.4. The van der Waals surface area contributed by atoms with Gasteiger partial charge < -0.3 is 10.0 Å². The van der Waals surface area contributed by atoms with Crippen molar-refractivity contribution in [3.05, 3.63) is 35.4 Å². The molecule has 2 unspecified atom stereocenters. The Morgan fingerprint density at radius 1 is 1.17 bits per heavy atom. The number of likely N-dealkylation sites (tertiary alicyclic amines) is 1. The minimum atomic E-state index is -0.481. The molecule has 2 saturated heterocycles. The summed E-state index contributed by atoms with van der Waals surface area (Å²) in [5, 5.41) is 19.3. The Bertz CT molecular complexity index is 560. The van der Waals surface area contributed by atoms with Gasteiger partial charge in [0.05, 0.1) is 17.7 Å². The number of hydrogen-bond donors (Lipinski definition) is 1. The van der Waals surface area contributed by atoms with Crippen LogP contribution in [0.4, 0.5) is 0 Å². The van der Waals surface area contributed by atoms with Crippen molar-refractivity contribution in [2.24, 2.45) is 0 Å². The molecule has 5 nitrogen and oxygen atoms in total. The minimum absolute atomic E-state index is 0.481. The van der Waals surface area contributed by atoms with Gasteiger partial charge in [0.1, 0.15) is 0 Å². The summed E-state index contributed by atoms with van der Waals surface area (Å²) < 4.78 is 0. The molecule has 2 aliphatic rings. The SMILES string of the molecule is CN1CCCC(N2CCN(CC(O)c3ccc(C#N)cc3)CC2)C1. The van der Waals surface area contributed by atoms with Crippen LogP contribution in [-0.2, 0) is 0 Å². The van der Waals surface area contributed by atoms with E-state index in [1.54, 1.807) is 12.1 Å². The van der Waals surface area contributed by atoms with Gasteiger partial charge in [0.15, 0.2) is 0 Å². The highest BCUT2D eigenvalue weighted by atomic mass is 16.3. The van der Waals surface area contributed by atoms with Crippen LogP contribution in [-0.4, -0.2) is 78.7 Å². The highest BCUT2D eigenvalue weighted by molar-refractivity contribution is 5.32. The van der Waals surface area contributed by atoms with Gasteiger partial charge in [0, 0.05) is 45.3 Å². The standard InChI is InChI=1S/C19H28N4O/c1-21-8-2-3-18(14-21)23-11-9-22(10-12-23)15-19(24)17-6-4-16(13-20)5-7-17/h4-7,18-19,24H,2-3,8-12,14-15H2,1H3. The number of aliphatic hydroxyl groups is 1. The van der Waals surface area contributed by atoms with Crippen molar-refractivity contribution < 1.29 is 5.11 Å². The summed E-state index contributed by atoms with van der Waals surface area (Å²) in [4.78, 5) is 7.42. The van der Waals surface area contributed by atoms with Gasteiger partial charge >= 0.3 is 0 Å². The highest BCUT2D eigenvalue weighted by Crippen LogP contribution is 2.19. The van der Waals surface area contributed by atoms with Gasteiger partial charge in [-0.05, 0) is 44.1 Å². The van der Waals surface area contributed by atoms with Gasteiger partial charge in [-0.25, -0.2) is 0 Å². The fourth-order valence-electron chi connectivity index (χ4n) is 3.88. The number of hydrogen-bond acceptors (Lipinski definition) is 5. The number of β-amino-alcohol motifs (C(OH)–C–C–N with tert-alkyl or cyclic N) is 1. The van der Waals surface area contributed by atoms with Crippen LogP contribution in [0.25, 0.3) is 0 Å². The summed E-state index contributed by atoms with van der Waals surface area (Å²) in [5.74, 6) is 0. The molecule has 1 aromatic rings. The predicted molar refractivity (Wildman–Crippen MR) is 94.6 cm³/mol. The van der Waals surface area contributed by atoms with Gasteiger partial charge in [0.25, 0.3) is 0 Å². The molecule has 3 rings (SSSR count). The van der Waals surface area contributed by atoms with Crippen LogP contribution >= 0.6 is 0 Å². The third-order valence-electron chi connectivity index (χ3n) is 5.38. The molecule has 2 fully saturated rings. The molecule has 130 valence electrons. The lowest BCUT2D eigenvalue weighted by atomic mass is 10.0. The first-order valence-corrected chi connectivity index (χ1v) is 8.99. The summed E-state index contributed by atoms with van der Waals surface area (Å²) >= 11 is 0. The first-order valence-electron chi connectivity index (χ1n) is 8.99. The van der Waals surface area contributed by atoms with Gasteiger partial charge in [-0.3, -0.25) is 9.80 Å². The molecule has 0 spiro atoms. The number of rotatable bonds is 4. The van der Waals surface area contributed by atoms with E-state index in [0.29, 0.717) is 18.2 Å². The molecule has 0 saturated carbocycles. The van der Waals surface area contributed by atoms with Gasteiger partial charge in [-0.15, -0.1) is 0 Å².